The molecule has 50 heavy (non-hydrogen) atoms. The molecule has 0 aliphatic rings. The summed E-state index contributed by atoms with van der Waals surface area (Å²) in [6.07, 6.45) is -4.96. The summed E-state index contributed by atoms with van der Waals surface area (Å²) in [5, 5.41) is 53.6. The smallest absolute Gasteiger partial charge is 0.265 e. The van der Waals surface area contributed by atoms with E-state index >= 15 is 0 Å². The molecule has 0 bridgehead atoms. The maximum Gasteiger partial charge on any atom is 0.265 e. The Labute approximate surface area is 366 Å². The number of carbonyl (C=O) groups is 6. The van der Waals surface area contributed by atoms with Crippen LogP contribution in [0, 0.1) is 21.4 Å². The largest absolute Gasteiger partial charge is 0.394 e. The van der Waals surface area contributed by atoms with Gasteiger partial charge in [-0.15, -0.1) is 0 Å². The minimum Gasteiger partial charge on any atom is -0.394 e. The second-order valence-corrected chi connectivity index (χ2v) is 16.6. The Morgan fingerprint density at radius 1 is 0.580 bits per heavy atom. The number of nitrogens with one attached hydrogen (secondary N) is 2. The van der Waals surface area contributed by atoms with Crippen LogP contribution >= 0.6 is 136 Å². The number of halogens is 6. The van der Waals surface area contributed by atoms with E-state index in [-0.39, 0.29) is 68.1 Å². The lowest BCUT2D eigenvalue weighted by Crippen LogP contribution is -2.48. The van der Waals surface area contributed by atoms with Crippen molar-refractivity contribution in [1.82, 2.24) is 10.6 Å². The van der Waals surface area contributed by atoms with Gasteiger partial charge in [-0.05, 0) is 136 Å². The average Bonchev–Trinajstić information content (AvgIpc) is 3.04. The highest BCUT2D eigenvalue weighted by molar-refractivity contribution is 14.1. The maximum atomic E-state index is 13.7. The van der Waals surface area contributed by atoms with Crippen LogP contribution in [0.15, 0.2) is 0 Å². The number of primary amides is 2. The second kappa shape index (κ2) is 19.7. The zero-order valence-electron chi connectivity index (χ0n) is 25.6. The number of benzene rings is 2. The number of aliphatic hydroxyl groups excluding tert-OH is 5. The molecule has 17 nitrogen and oxygen atoms in total. The van der Waals surface area contributed by atoms with E-state index in [2.05, 4.69) is 10.6 Å². The van der Waals surface area contributed by atoms with Crippen molar-refractivity contribution in [2.75, 3.05) is 50.2 Å². The Kier molecular flexibility index (Phi) is 17.9. The number of nitrogens with zero attached hydrogens (tertiary/aromatic N) is 2. The van der Waals surface area contributed by atoms with Gasteiger partial charge in [0.05, 0.1) is 73.3 Å². The highest BCUT2D eigenvalue weighted by Gasteiger charge is 2.37. The SMILES string of the molecule is CN(C(=O)C(O)C(=O)N(C)c1c(I)c(C(N)=O)c(I)c(C(=O)NCC(O)CO)c1I)c1c(I)c(C(N)=O)c(I)c(C(=O)NCC(O)CO)c1I. The molecule has 2 atom stereocenters. The van der Waals surface area contributed by atoms with E-state index in [1.54, 1.807) is 136 Å². The first-order valence-electron chi connectivity index (χ1n) is 13.5. The molecule has 0 saturated heterocycles. The molecule has 2 aromatic carbocycles. The number of hydrogen-bond acceptors (Lipinski definition) is 11. The first-order valence-corrected chi connectivity index (χ1v) is 20.0. The molecule has 0 aliphatic heterocycles. The zero-order chi connectivity index (χ0) is 38.5. The van der Waals surface area contributed by atoms with Gasteiger partial charge in [-0.3, -0.25) is 28.8 Å². The summed E-state index contributed by atoms with van der Waals surface area (Å²) in [5.41, 5.74) is 10.7. The monoisotopic (exact) mass is 1370 g/mol. The number of anilines is 2. The Morgan fingerprint density at radius 2 is 0.860 bits per heavy atom. The molecule has 0 spiro atoms. The van der Waals surface area contributed by atoms with E-state index < -0.39 is 67.0 Å². The van der Waals surface area contributed by atoms with Crippen molar-refractivity contribution in [3.8, 4) is 0 Å². The van der Waals surface area contributed by atoms with Crippen LogP contribution in [0.25, 0.3) is 0 Å². The molecule has 0 aromatic heterocycles. The van der Waals surface area contributed by atoms with E-state index in [1.165, 1.54) is 14.1 Å². The van der Waals surface area contributed by atoms with Crippen LogP contribution < -0.4 is 31.9 Å². The first kappa shape index (κ1) is 45.6. The van der Waals surface area contributed by atoms with E-state index in [1.807, 2.05) is 0 Å². The Balaban J connectivity index is 2.66. The van der Waals surface area contributed by atoms with E-state index in [0.29, 0.717) is 0 Å². The number of likely N-dealkylation sites (N-methyl/N-ethyl adjacent to an activating group) is 2. The Bertz CT molecular complexity index is 1620. The predicted molar refractivity (Wildman–Crippen MR) is 230 cm³/mol. The van der Waals surface area contributed by atoms with Gasteiger partial charge in [0.1, 0.15) is 0 Å². The molecule has 2 unspecified atom stereocenters. The van der Waals surface area contributed by atoms with Crippen molar-refractivity contribution >= 4 is 182 Å². The maximum absolute atomic E-state index is 13.7. The predicted octanol–water partition coefficient (Wildman–Crippen LogP) is -0.335. The number of aliphatic hydroxyl groups is 5. The van der Waals surface area contributed by atoms with Crippen LogP contribution in [0.1, 0.15) is 41.4 Å². The van der Waals surface area contributed by atoms with Gasteiger partial charge < -0.3 is 57.4 Å². The van der Waals surface area contributed by atoms with Crippen molar-refractivity contribution in [2.45, 2.75) is 18.3 Å². The van der Waals surface area contributed by atoms with Gasteiger partial charge in [-0.1, -0.05) is 0 Å². The van der Waals surface area contributed by atoms with Crippen LogP contribution in [-0.2, 0) is 9.59 Å². The van der Waals surface area contributed by atoms with E-state index in [9.17, 15) is 44.1 Å². The summed E-state index contributed by atoms with van der Waals surface area (Å²) >= 11 is 10.5. The third-order valence-electron chi connectivity index (χ3n) is 6.75. The number of rotatable bonds is 14. The molecule has 0 heterocycles. The molecule has 0 aliphatic carbocycles. The van der Waals surface area contributed by atoms with E-state index in [0.717, 1.165) is 9.80 Å². The summed E-state index contributed by atoms with van der Waals surface area (Å²) in [7, 11) is 2.39. The molecule has 0 saturated carbocycles. The summed E-state index contributed by atoms with van der Waals surface area (Å²) in [6.45, 7) is -1.96. The minimum absolute atomic E-state index is 0.0498. The minimum atomic E-state index is -2.40. The first-order chi connectivity index (χ1) is 23.2. The van der Waals surface area contributed by atoms with Crippen molar-refractivity contribution in [3.63, 3.8) is 0 Å². The summed E-state index contributed by atoms with van der Waals surface area (Å²) in [6, 6.07) is 0. The van der Waals surface area contributed by atoms with Crippen LogP contribution in [0.2, 0.25) is 0 Å². The summed E-state index contributed by atoms with van der Waals surface area (Å²) < 4.78 is 0.732. The standard InChI is InChI=1S/C27H28I6N6O11/c1-38(19-15(30)9(22(34)45)13(28)11(17(19)32)24(47)36-3-7(42)5-40)26(49)21(44)27(50)39(2)20-16(31)10(23(35)46)14(29)12(18(20)33)25(48)37-4-8(43)6-41/h7-8,21,40-44H,3-6H2,1-2H3,(H2,34,45)(H2,35,46)(H,36,47)(H,37,48). The number of amides is 6. The molecule has 2 aromatic rings. The molecule has 274 valence electrons. The Morgan fingerprint density at radius 3 is 1.12 bits per heavy atom. The molecule has 0 radical (unpaired) electrons. The number of hydrogen-bond donors (Lipinski definition) is 9. The van der Waals surface area contributed by atoms with Crippen molar-refractivity contribution in [1.29, 1.82) is 0 Å². The zero-order valence-corrected chi connectivity index (χ0v) is 38.5. The topological polar surface area (TPSA) is 286 Å². The lowest BCUT2D eigenvalue weighted by atomic mass is 10.1. The quantitative estimate of drug-likeness (QED) is 0.0872. The third kappa shape index (κ3) is 9.94. The third-order valence-corrected chi connectivity index (χ3v) is 13.1. The fourth-order valence-corrected chi connectivity index (χ4v) is 14.0. The number of carbonyl (C=O) groups excluding carboxylic acids is 6. The molecule has 2 rings (SSSR count). The van der Waals surface area contributed by atoms with Crippen molar-refractivity contribution < 1.29 is 54.3 Å². The van der Waals surface area contributed by atoms with Gasteiger partial charge in [0.2, 0.25) is 6.10 Å². The highest BCUT2D eigenvalue weighted by atomic mass is 127. The van der Waals surface area contributed by atoms with Gasteiger partial charge in [0, 0.05) is 34.3 Å². The Hall–Kier alpha value is -0.560. The van der Waals surface area contributed by atoms with Gasteiger partial charge >= 0.3 is 0 Å². The normalized spacial score (nSPS) is 12.8. The van der Waals surface area contributed by atoms with Crippen LogP contribution in [0.4, 0.5) is 11.4 Å². The lowest BCUT2D eigenvalue weighted by molar-refractivity contribution is -0.137. The molecule has 6 amide bonds. The van der Waals surface area contributed by atoms with Crippen LogP contribution in [0.3, 0.4) is 0 Å². The fourth-order valence-electron chi connectivity index (χ4n) is 4.14. The number of nitrogens with two attached hydrogens (primary N) is 2. The van der Waals surface area contributed by atoms with E-state index in [4.69, 9.17) is 21.7 Å². The lowest BCUT2D eigenvalue weighted by Gasteiger charge is -2.29. The van der Waals surface area contributed by atoms with Gasteiger partial charge in [-0.25, -0.2) is 0 Å². The molecular weight excluding hydrogens is 1350 g/mol. The fraction of sp³-hybridized carbons (Fsp3) is 0.333. The average molecular weight is 1370 g/mol. The van der Waals surface area contributed by atoms with Crippen LogP contribution in [-0.4, -0.2) is 120 Å². The molecular formula is C27H28I6N6O11. The highest BCUT2D eigenvalue weighted by Crippen LogP contribution is 2.39. The molecule has 11 N–H and O–H groups in total. The van der Waals surface area contributed by atoms with Gasteiger partial charge in [0.15, 0.2) is 0 Å². The summed E-state index contributed by atoms with van der Waals surface area (Å²) in [5.74, 6) is -5.84. The second-order valence-electron chi connectivity index (χ2n) is 10.1. The molecule has 23 heteroatoms. The van der Waals surface area contributed by atoms with Crippen LogP contribution in [0.5, 0.6) is 0 Å². The summed E-state index contributed by atoms with van der Waals surface area (Å²) in [4.78, 5) is 80.6. The van der Waals surface area contributed by atoms with Crippen molar-refractivity contribution in [3.05, 3.63) is 43.7 Å². The van der Waals surface area contributed by atoms with Crippen molar-refractivity contribution in [2.24, 2.45) is 11.5 Å². The van der Waals surface area contributed by atoms with Gasteiger partial charge in [0.25, 0.3) is 35.4 Å². The molecule has 0 fully saturated rings. The van der Waals surface area contributed by atoms with Gasteiger partial charge in [-0.2, -0.15) is 0 Å².